The van der Waals surface area contributed by atoms with Crippen LogP contribution in [0.3, 0.4) is 0 Å². The molecule has 30 heavy (non-hydrogen) atoms. The third kappa shape index (κ3) is 7.82. The predicted octanol–water partition coefficient (Wildman–Crippen LogP) is 4.78. The molecule has 1 atom stereocenters. The van der Waals surface area contributed by atoms with Gasteiger partial charge in [0.05, 0.1) is 5.75 Å². The van der Waals surface area contributed by atoms with Crippen LogP contribution in [0.5, 0.6) is 0 Å². The van der Waals surface area contributed by atoms with Crippen molar-refractivity contribution >= 4 is 23.6 Å². The Balaban J connectivity index is 2.14. The number of nitrogens with one attached hydrogen (secondary N) is 1. The molecule has 0 heterocycles. The number of rotatable bonds is 9. The van der Waals surface area contributed by atoms with E-state index in [0.717, 1.165) is 16.9 Å². The number of thioether (sulfide) groups is 1. The van der Waals surface area contributed by atoms with Crippen LogP contribution in [0.4, 0.5) is 4.39 Å². The van der Waals surface area contributed by atoms with Crippen molar-refractivity contribution in [2.45, 2.75) is 58.0 Å². The summed E-state index contributed by atoms with van der Waals surface area (Å²) >= 11 is 1.53. The van der Waals surface area contributed by atoms with Gasteiger partial charge in [-0.05, 0) is 50.5 Å². The molecule has 1 N–H and O–H groups in total. The Morgan fingerprint density at radius 1 is 1.03 bits per heavy atom. The van der Waals surface area contributed by atoms with Crippen molar-refractivity contribution in [3.63, 3.8) is 0 Å². The van der Waals surface area contributed by atoms with Gasteiger partial charge in [0.15, 0.2) is 0 Å². The number of hydrogen-bond acceptors (Lipinski definition) is 3. The minimum atomic E-state index is -0.584. The number of carbonyl (C=O) groups excluding carboxylic acids is 2. The monoisotopic (exact) mass is 430 g/mol. The highest BCUT2D eigenvalue weighted by molar-refractivity contribution is 7.99. The summed E-state index contributed by atoms with van der Waals surface area (Å²) in [5, 5.41) is 2.98. The zero-order chi connectivity index (χ0) is 22.1. The number of hydrogen-bond donors (Lipinski definition) is 1. The van der Waals surface area contributed by atoms with Crippen LogP contribution >= 0.6 is 11.8 Å². The van der Waals surface area contributed by atoms with Gasteiger partial charge in [0.2, 0.25) is 11.8 Å². The topological polar surface area (TPSA) is 49.4 Å². The van der Waals surface area contributed by atoms with E-state index in [1.165, 1.54) is 23.9 Å². The molecule has 0 radical (unpaired) electrons. The first-order chi connectivity index (χ1) is 14.2. The fourth-order valence-electron chi connectivity index (χ4n) is 3.07. The summed E-state index contributed by atoms with van der Waals surface area (Å²) in [7, 11) is 0. The Labute approximate surface area is 183 Å². The van der Waals surface area contributed by atoms with Gasteiger partial charge in [-0.25, -0.2) is 4.39 Å². The van der Waals surface area contributed by atoms with Crippen molar-refractivity contribution in [2.24, 2.45) is 0 Å². The molecule has 0 aliphatic heterocycles. The van der Waals surface area contributed by atoms with Crippen LogP contribution in [-0.2, 0) is 21.9 Å². The van der Waals surface area contributed by atoms with E-state index in [4.69, 9.17) is 0 Å². The largest absolute Gasteiger partial charge is 0.350 e. The Morgan fingerprint density at radius 3 is 2.23 bits per heavy atom. The van der Waals surface area contributed by atoms with Crippen molar-refractivity contribution in [3.8, 4) is 0 Å². The van der Waals surface area contributed by atoms with E-state index in [1.54, 1.807) is 17.0 Å². The van der Waals surface area contributed by atoms with Gasteiger partial charge in [0, 0.05) is 17.8 Å². The minimum absolute atomic E-state index is 0.101. The molecule has 2 aromatic rings. The maximum atomic E-state index is 13.3. The first-order valence-electron chi connectivity index (χ1n) is 10.2. The van der Waals surface area contributed by atoms with Gasteiger partial charge < -0.3 is 10.2 Å². The average molecular weight is 431 g/mol. The predicted molar refractivity (Wildman–Crippen MR) is 122 cm³/mol. The van der Waals surface area contributed by atoms with Crippen LogP contribution in [0.2, 0.25) is 0 Å². The molecule has 0 aliphatic carbocycles. The first kappa shape index (κ1) is 23.9. The quantitative estimate of drug-likeness (QED) is 0.623. The van der Waals surface area contributed by atoms with Gasteiger partial charge in [-0.1, -0.05) is 49.4 Å². The summed E-state index contributed by atoms with van der Waals surface area (Å²) in [5.41, 5.74) is 1.55. The molecule has 4 nitrogen and oxygen atoms in total. The zero-order valence-electron chi connectivity index (χ0n) is 18.2. The summed E-state index contributed by atoms with van der Waals surface area (Å²) in [4.78, 5) is 27.6. The lowest BCUT2D eigenvalue weighted by atomic mass is 10.1. The van der Waals surface area contributed by atoms with Gasteiger partial charge in [0.1, 0.15) is 11.9 Å². The fraction of sp³-hybridized carbons (Fsp3) is 0.417. The van der Waals surface area contributed by atoms with E-state index in [9.17, 15) is 14.0 Å². The van der Waals surface area contributed by atoms with E-state index in [0.29, 0.717) is 6.42 Å². The molecule has 0 spiro atoms. The van der Waals surface area contributed by atoms with E-state index >= 15 is 0 Å². The summed E-state index contributed by atoms with van der Waals surface area (Å²) in [6, 6.07) is 15.4. The summed E-state index contributed by atoms with van der Waals surface area (Å²) in [6.07, 6.45) is 0.498. The summed E-state index contributed by atoms with van der Waals surface area (Å²) in [5.74, 6) is 0.398. The highest BCUT2D eigenvalue weighted by atomic mass is 32.2. The third-order valence-electron chi connectivity index (χ3n) is 4.49. The lowest BCUT2D eigenvalue weighted by Gasteiger charge is -2.33. The molecule has 6 heteroatoms. The zero-order valence-corrected chi connectivity index (χ0v) is 19.0. The Kier molecular flexibility index (Phi) is 8.90. The van der Waals surface area contributed by atoms with Crippen molar-refractivity contribution in [1.29, 1.82) is 0 Å². The Hall–Kier alpha value is -2.34. The molecule has 0 unspecified atom stereocenters. The van der Waals surface area contributed by atoms with Crippen molar-refractivity contribution in [1.82, 2.24) is 10.2 Å². The van der Waals surface area contributed by atoms with Crippen molar-refractivity contribution in [3.05, 3.63) is 71.5 Å². The second-order valence-corrected chi connectivity index (χ2v) is 9.28. The molecule has 0 aliphatic rings. The Bertz CT molecular complexity index is 819. The highest BCUT2D eigenvalue weighted by Gasteiger charge is 2.30. The fourth-order valence-corrected chi connectivity index (χ4v) is 3.94. The van der Waals surface area contributed by atoms with Crippen LogP contribution in [-0.4, -0.2) is 34.0 Å². The van der Waals surface area contributed by atoms with E-state index in [-0.39, 0.29) is 29.9 Å². The average Bonchev–Trinajstić information content (AvgIpc) is 2.68. The molecule has 0 saturated carbocycles. The van der Waals surface area contributed by atoms with Gasteiger partial charge >= 0.3 is 0 Å². The molecule has 0 bridgehead atoms. The van der Waals surface area contributed by atoms with Gasteiger partial charge in [-0.3, -0.25) is 9.59 Å². The molecule has 2 amide bonds. The summed E-state index contributed by atoms with van der Waals surface area (Å²) in [6.45, 7) is 7.91. The molecule has 0 fully saturated rings. The van der Waals surface area contributed by atoms with Gasteiger partial charge in [-0.15, -0.1) is 11.8 Å². The van der Waals surface area contributed by atoms with E-state index in [2.05, 4.69) is 5.32 Å². The van der Waals surface area contributed by atoms with Crippen LogP contribution in [0.1, 0.15) is 45.2 Å². The molecular weight excluding hydrogens is 399 g/mol. The molecular formula is C24H31FN2O2S. The number of nitrogens with zero attached hydrogens (tertiary/aromatic N) is 1. The van der Waals surface area contributed by atoms with E-state index in [1.807, 2.05) is 58.0 Å². The molecule has 2 rings (SSSR count). The lowest BCUT2D eigenvalue weighted by molar-refractivity contribution is -0.140. The number of amides is 2. The molecule has 2 aromatic carbocycles. The van der Waals surface area contributed by atoms with Crippen LogP contribution < -0.4 is 5.32 Å². The maximum Gasteiger partial charge on any atom is 0.243 e. The van der Waals surface area contributed by atoms with Crippen LogP contribution in [0.15, 0.2) is 54.6 Å². The lowest BCUT2D eigenvalue weighted by Crippen LogP contribution is -2.53. The standard InChI is InChI=1S/C24H31FN2O2S/c1-5-21(23(29)26-24(2,3)4)27(15-18-11-13-20(25)14-12-18)22(28)17-30-16-19-9-7-6-8-10-19/h6-14,21H,5,15-17H2,1-4H3,(H,26,29)/t21-/m1/s1. The molecule has 0 aromatic heterocycles. The third-order valence-corrected chi connectivity index (χ3v) is 5.48. The van der Waals surface area contributed by atoms with Crippen molar-refractivity contribution < 1.29 is 14.0 Å². The first-order valence-corrected chi connectivity index (χ1v) is 11.3. The number of halogens is 1. The summed E-state index contributed by atoms with van der Waals surface area (Å²) < 4.78 is 13.3. The second-order valence-electron chi connectivity index (χ2n) is 8.29. The van der Waals surface area contributed by atoms with Crippen molar-refractivity contribution in [2.75, 3.05) is 5.75 Å². The van der Waals surface area contributed by atoms with E-state index < -0.39 is 11.6 Å². The Morgan fingerprint density at radius 2 is 1.67 bits per heavy atom. The normalized spacial score (nSPS) is 12.3. The highest BCUT2D eigenvalue weighted by Crippen LogP contribution is 2.18. The second kappa shape index (κ2) is 11.2. The van der Waals surface area contributed by atoms with Crippen LogP contribution in [0, 0.1) is 5.82 Å². The number of carbonyl (C=O) groups is 2. The van der Waals surface area contributed by atoms with Gasteiger partial charge in [0.25, 0.3) is 0 Å². The van der Waals surface area contributed by atoms with Crippen LogP contribution in [0.25, 0.3) is 0 Å². The molecule has 162 valence electrons. The molecule has 0 saturated heterocycles. The smallest absolute Gasteiger partial charge is 0.243 e. The van der Waals surface area contributed by atoms with Gasteiger partial charge in [-0.2, -0.15) is 0 Å². The number of benzene rings is 2. The SMILES string of the molecule is CC[C@H](C(=O)NC(C)(C)C)N(Cc1ccc(F)cc1)C(=O)CSCc1ccccc1. The minimum Gasteiger partial charge on any atom is -0.350 e. The maximum absolute atomic E-state index is 13.3.